The number of fused-ring (bicyclic) bond motifs is 1. The van der Waals surface area contributed by atoms with Crippen molar-refractivity contribution in [1.82, 2.24) is 14.6 Å². The molecule has 0 atom stereocenters. The predicted octanol–water partition coefficient (Wildman–Crippen LogP) is 4.33. The minimum absolute atomic E-state index is 0.692. The molecule has 4 aromatic rings. The lowest BCUT2D eigenvalue weighted by molar-refractivity contribution is 0.414. The quantitative estimate of drug-likeness (QED) is 0.586. The molecule has 2 aromatic heterocycles. The van der Waals surface area contributed by atoms with E-state index in [0.29, 0.717) is 6.54 Å². The molecule has 0 unspecified atom stereocenters. The fourth-order valence-electron chi connectivity index (χ4n) is 2.82. The Morgan fingerprint density at radius 3 is 2.46 bits per heavy atom. The number of aryl methyl sites for hydroxylation is 1. The van der Waals surface area contributed by atoms with Crippen molar-refractivity contribution < 1.29 is 4.74 Å². The van der Waals surface area contributed by atoms with Crippen LogP contribution in [0.1, 0.15) is 11.1 Å². The monoisotopic (exact) mass is 344 g/mol. The van der Waals surface area contributed by atoms with Crippen LogP contribution in [-0.4, -0.2) is 21.7 Å². The summed E-state index contributed by atoms with van der Waals surface area (Å²) in [5.41, 5.74) is 5.31. The van der Waals surface area contributed by atoms with Gasteiger partial charge < -0.3 is 10.1 Å². The number of anilines is 1. The van der Waals surface area contributed by atoms with Gasteiger partial charge in [-0.05, 0) is 36.8 Å². The van der Waals surface area contributed by atoms with Crippen molar-refractivity contribution in [3.8, 4) is 17.0 Å². The lowest BCUT2D eigenvalue weighted by Gasteiger charge is -2.08. The molecule has 0 spiro atoms. The van der Waals surface area contributed by atoms with Gasteiger partial charge in [0.25, 0.3) is 0 Å². The highest BCUT2D eigenvalue weighted by atomic mass is 16.5. The van der Waals surface area contributed by atoms with Gasteiger partial charge >= 0.3 is 0 Å². The summed E-state index contributed by atoms with van der Waals surface area (Å²) in [4.78, 5) is 4.45. The number of hydrogen-bond acceptors (Lipinski definition) is 4. The third-order valence-corrected chi connectivity index (χ3v) is 4.34. The van der Waals surface area contributed by atoms with Crippen LogP contribution >= 0.6 is 0 Å². The lowest BCUT2D eigenvalue weighted by atomic mass is 10.1. The van der Waals surface area contributed by atoms with E-state index in [2.05, 4.69) is 41.5 Å². The van der Waals surface area contributed by atoms with E-state index in [1.807, 2.05) is 47.1 Å². The second kappa shape index (κ2) is 6.88. The second-order valence-electron chi connectivity index (χ2n) is 6.20. The SMILES string of the molecule is COc1ccc(CNc2ccc3ncc(-c4ccc(C)cc4)n3n2)cc1. The summed E-state index contributed by atoms with van der Waals surface area (Å²) in [6.45, 7) is 2.77. The number of methoxy groups -OCH3 is 1. The molecule has 1 N–H and O–H groups in total. The average molecular weight is 344 g/mol. The third kappa shape index (κ3) is 3.24. The van der Waals surface area contributed by atoms with Gasteiger partial charge in [-0.1, -0.05) is 42.0 Å². The van der Waals surface area contributed by atoms with Gasteiger partial charge in [0.1, 0.15) is 11.6 Å². The minimum Gasteiger partial charge on any atom is -0.497 e. The molecule has 0 saturated carbocycles. The highest BCUT2D eigenvalue weighted by molar-refractivity contribution is 5.63. The number of ether oxygens (including phenoxy) is 1. The first-order chi connectivity index (χ1) is 12.7. The third-order valence-electron chi connectivity index (χ3n) is 4.34. The molecule has 5 heteroatoms. The maximum absolute atomic E-state index is 5.19. The summed E-state index contributed by atoms with van der Waals surface area (Å²) >= 11 is 0. The van der Waals surface area contributed by atoms with Crippen molar-refractivity contribution >= 4 is 11.5 Å². The van der Waals surface area contributed by atoms with E-state index in [1.54, 1.807) is 7.11 Å². The van der Waals surface area contributed by atoms with E-state index < -0.39 is 0 Å². The number of benzene rings is 2. The molecule has 0 amide bonds. The number of aromatic nitrogens is 3. The van der Waals surface area contributed by atoms with Crippen molar-refractivity contribution in [1.29, 1.82) is 0 Å². The molecule has 0 radical (unpaired) electrons. The van der Waals surface area contributed by atoms with Crippen molar-refractivity contribution in [3.63, 3.8) is 0 Å². The number of hydrogen-bond donors (Lipinski definition) is 1. The molecule has 0 saturated heterocycles. The van der Waals surface area contributed by atoms with Crippen LogP contribution < -0.4 is 10.1 Å². The second-order valence-corrected chi connectivity index (χ2v) is 6.20. The summed E-state index contributed by atoms with van der Waals surface area (Å²) in [6, 6.07) is 20.3. The first kappa shape index (κ1) is 16.1. The zero-order chi connectivity index (χ0) is 17.9. The normalized spacial score (nSPS) is 10.8. The first-order valence-corrected chi connectivity index (χ1v) is 8.51. The Balaban J connectivity index is 1.58. The first-order valence-electron chi connectivity index (χ1n) is 8.51. The molecule has 130 valence electrons. The largest absolute Gasteiger partial charge is 0.497 e. The molecule has 0 aliphatic carbocycles. The van der Waals surface area contributed by atoms with Crippen LogP contribution in [-0.2, 0) is 6.54 Å². The zero-order valence-electron chi connectivity index (χ0n) is 14.8. The molecule has 2 heterocycles. The van der Waals surface area contributed by atoms with Gasteiger partial charge in [-0.3, -0.25) is 0 Å². The van der Waals surface area contributed by atoms with E-state index in [-0.39, 0.29) is 0 Å². The van der Waals surface area contributed by atoms with Gasteiger partial charge in [-0.15, -0.1) is 5.10 Å². The average Bonchev–Trinajstić information content (AvgIpc) is 3.10. The van der Waals surface area contributed by atoms with Gasteiger partial charge in [0, 0.05) is 12.1 Å². The summed E-state index contributed by atoms with van der Waals surface area (Å²) in [7, 11) is 1.67. The molecule has 0 aliphatic heterocycles. The Hall–Kier alpha value is -3.34. The number of rotatable bonds is 5. The highest BCUT2D eigenvalue weighted by Crippen LogP contribution is 2.21. The van der Waals surface area contributed by atoms with E-state index >= 15 is 0 Å². The van der Waals surface area contributed by atoms with Gasteiger partial charge in [0.15, 0.2) is 5.65 Å². The Morgan fingerprint density at radius 1 is 0.962 bits per heavy atom. The molecule has 26 heavy (non-hydrogen) atoms. The molecule has 2 aromatic carbocycles. The number of nitrogens with one attached hydrogen (secondary N) is 1. The Morgan fingerprint density at radius 2 is 1.73 bits per heavy atom. The van der Waals surface area contributed by atoms with Crippen molar-refractivity contribution in [2.75, 3.05) is 12.4 Å². The molecule has 0 bridgehead atoms. The van der Waals surface area contributed by atoms with E-state index in [1.165, 1.54) is 5.56 Å². The maximum Gasteiger partial charge on any atom is 0.154 e. The van der Waals surface area contributed by atoms with Crippen LogP contribution in [0.3, 0.4) is 0 Å². The summed E-state index contributed by atoms with van der Waals surface area (Å²) < 4.78 is 7.07. The minimum atomic E-state index is 0.692. The van der Waals surface area contributed by atoms with Crippen LogP contribution in [0.5, 0.6) is 5.75 Å². The van der Waals surface area contributed by atoms with Crippen molar-refractivity contribution in [3.05, 3.63) is 78.0 Å². The highest BCUT2D eigenvalue weighted by Gasteiger charge is 2.08. The van der Waals surface area contributed by atoms with Crippen molar-refractivity contribution in [2.24, 2.45) is 0 Å². The molecule has 5 nitrogen and oxygen atoms in total. The Bertz CT molecular complexity index is 1020. The van der Waals surface area contributed by atoms with Crippen molar-refractivity contribution in [2.45, 2.75) is 13.5 Å². The standard InChI is InChI=1S/C21H20N4O/c1-15-3-7-17(8-4-15)19-14-23-21-12-11-20(24-25(19)21)22-13-16-5-9-18(26-2)10-6-16/h3-12,14H,13H2,1-2H3,(H,22,24). The Kier molecular flexibility index (Phi) is 4.27. The van der Waals surface area contributed by atoms with Crippen LogP contribution in [0.2, 0.25) is 0 Å². The smallest absolute Gasteiger partial charge is 0.154 e. The predicted molar refractivity (Wildman–Crippen MR) is 103 cm³/mol. The lowest BCUT2D eigenvalue weighted by Crippen LogP contribution is -2.04. The van der Waals surface area contributed by atoms with Gasteiger partial charge in [-0.2, -0.15) is 0 Å². The number of imidazole rings is 1. The zero-order valence-corrected chi connectivity index (χ0v) is 14.8. The summed E-state index contributed by atoms with van der Waals surface area (Å²) in [5.74, 6) is 1.66. The topological polar surface area (TPSA) is 51.5 Å². The molecular weight excluding hydrogens is 324 g/mol. The summed E-state index contributed by atoms with van der Waals surface area (Å²) in [5, 5.41) is 8.07. The van der Waals surface area contributed by atoms with E-state index in [9.17, 15) is 0 Å². The van der Waals surface area contributed by atoms with E-state index in [4.69, 9.17) is 9.84 Å². The molecule has 4 rings (SSSR count). The van der Waals surface area contributed by atoms with Crippen LogP contribution in [0.25, 0.3) is 16.9 Å². The number of nitrogens with zero attached hydrogens (tertiary/aromatic N) is 3. The fraction of sp³-hybridized carbons (Fsp3) is 0.143. The van der Waals surface area contributed by atoms with Crippen LogP contribution in [0.4, 0.5) is 5.82 Å². The van der Waals surface area contributed by atoms with E-state index in [0.717, 1.165) is 34.0 Å². The fourth-order valence-corrected chi connectivity index (χ4v) is 2.82. The Labute approximate surface area is 152 Å². The van der Waals surface area contributed by atoms with Gasteiger partial charge in [0.2, 0.25) is 0 Å². The van der Waals surface area contributed by atoms with Gasteiger partial charge in [-0.25, -0.2) is 9.50 Å². The summed E-state index contributed by atoms with van der Waals surface area (Å²) in [6.07, 6.45) is 1.86. The molecule has 0 fully saturated rings. The molecule has 0 aliphatic rings. The van der Waals surface area contributed by atoms with Crippen LogP contribution in [0, 0.1) is 6.92 Å². The van der Waals surface area contributed by atoms with Gasteiger partial charge in [0.05, 0.1) is 19.0 Å². The maximum atomic E-state index is 5.19. The molecular formula is C21H20N4O. The van der Waals surface area contributed by atoms with Crippen LogP contribution in [0.15, 0.2) is 66.9 Å².